The van der Waals surface area contributed by atoms with Crippen molar-refractivity contribution in [1.82, 2.24) is 4.90 Å². The molecule has 6 nitrogen and oxygen atoms in total. The van der Waals surface area contributed by atoms with E-state index in [2.05, 4.69) is 0 Å². The van der Waals surface area contributed by atoms with Crippen LogP contribution < -0.4 is 0 Å². The minimum absolute atomic E-state index is 0.237. The van der Waals surface area contributed by atoms with Gasteiger partial charge >= 0.3 is 6.09 Å². The predicted octanol–water partition coefficient (Wildman–Crippen LogP) is 2.39. The summed E-state index contributed by atoms with van der Waals surface area (Å²) in [4.78, 5) is 13.8. The minimum atomic E-state index is -3.34. The lowest BCUT2D eigenvalue weighted by Gasteiger charge is -2.52. The van der Waals surface area contributed by atoms with Gasteiger partial charge in [-0.25, -0.2) is 4.79 Å². The second-order valence-electron chi connectivity index (χ2n) is 7.73. The highest BCUT2D eigenvalue weighted by molar-refractivity contribution is 7.85. The zero-order valence-electron chi connectivity index (χ0n) is 13.9. The summed E-state index contributed by atoms with van der Waals surface area (Å²) in [6, 6.07) is 0. The first-order valence-electron chi connectivity index (χ1n) is 7.80. The number of rotatable bonds is 3. The number of hydrogen-bond acceptors (Lipinski definition) is 5. The van der Waals surface area contributed by atoms with Crippen molar-refractivity contribution in [3.05, 3.63) is 0 Å². The van der Waals surface area contributed by atoms with Crippen LogP contribution in [0.2, 0.25) is 0 Å². The number of hydrogen-bond donors (Lipinski definition) is 0. The highest BCUT2D eigenvalue weighted by atomic mass is 32.2. The third kappa shape index (κ3) is 4.84. The van der Waals surface area contributed by atoms with E-state index < -0.39 is 15.7 Å². The summed E-state index contributed by atoms with van der Waals surface area (Å²) in [7, 11) is -3.34. The fraction of sp³-hybridized carbons (Fsp3) is 0.933. The van der Waals surface area contributed by atoms with Crippen LogP contribution in [0.3, 0.4) is 0 Å². The smallest absolute Gasteiger partial charge is 0.410 e. The van der Waals surface area contributed by atoms with Crippen LogP contribution in [0.1, 0.15) is 46.5 Å². The second-order valence-corrected chi connectivity index (χ2v) is 9.37. The molecule has 0 bridgehead atoms. The highest BCUT2D eigenvalue weighted by Crippen LogP contribution is 2.52. The Labute approximate surface area is 133 Å². The van der Waals surface area contributed by atoms with Crippen molar-refractivity contribution in [1.29, 1.82) is 0 Å². The van der Waals surface area contributed by atoms with Crippen LogP contribution in [0.5, 0.6) is 0 Å². The molecule has 2 fully saturated rings. The van der Waals surface area contributed by atoms with E-state index in [1.165, 1.54) is 0 Å². The van der Waals surface area contributed by atoms with E-state index in [1.807, 2.05) is 20.8 Å². The van der Waals surface area contributed by atoms with Gasteiger partial charge in [0.15, 0.2) is 0 Å². The van der Waals surface area contributed by atoms with Gasteiger partial charge in [0.2, 0.25) is 0 Å². The first-order valence-corrected chi connectivity index (χ1v) is 9.62. The van der Waals surface area contributed by atoms with Crippen LogP contribution in [0.15, 0.2) is 0 Å². The molecule has 0 aromatic heterocycles. The predicted molar refractivity (Wildman–Crippen MR) is 83.0 cm³/mol. The Kier molecular flexibility index (Phi) is 4.78. The first kappa shape index (κ1) is 17.5. The highest BCUT2D eigenvalue weighted by Gasteiger charge is 2.46. The maximum Gasteiger partial charge on any atom is 0.410 e. The largest absolute Gasteiger partial charge is 0.444 e. The normalized spacial score (nSPS) is 22.5. The fourth-order valence-corrected chi connectivity index (χ4v) is 3.84. The molecule has 128 valence electrons. The van der Waals surface area contributed by atoms with E-state index in [-0.39, 0.29) is 18.1 Å². The lowest BCUT2D eigenvalue weighted by molar-refractivity contribution is -0.0374. The standard InChI is InChI=1S/C15H27NO5S/c1-14(2,3)21-13(17)16-7-5-15(6-8-16)9-12(10-15)11-20-22(4,18)19/h12H,5-11H2,1-4H3. The van der Waals surface area contributed by atoms with Crippen molar-refractivity contribution < 1.29 is 22.1 Å². The van der Waals surface area contributed by atoms with Crippen LogP contribution in [-0.4, -0.2) is 51.0 Å². The molecule has 1 saturated carbocycles. The summed E-state index contributed by atoms with van der Waals surface area (Å²) in [5.41, 5.74) is -0.194. The van der Waals surface area contributed by atoms with Gasteiger partial charge < -0.3 is 9.64 Å². The van der Waals surface area contributed by atoms with Gasteiger partial charge in [0, 0.05) is 13.1 Å². The SMILES string of the molecule is CC(C)(C)OC(=O)N1CCC2(CC1)CC(COS(C)(=O)=O)C2. The van der Waals surface area contributed by atoms with E-state index in [9.17, 15) is 13.2 Å². The first-order chi connectivity index (χ1) is 9.98. The quantitative estimate of drug-likeness (QED) is 0.742. The summed E-state index contributed by atoms with van der Waals surface area (Å²) in [6.45, 7) is 7.33. The maximum atomic E-state index is 12.0. The molecule has 7 heteroatoms. The van der Waals surface area contributed by atoms with Crippen molar-refractivity contribution in [2.45, 2.75) is 52.1 Å². The Morgan fingerprint density at radius 3 is 2.23 bits per heavy atom. The summed E-state index contributed by atoms with van der Waals surface area (Å²) < 4.78 is 32.3. The molecule has 1 aliphatic carbocycles. The monoisotopic (exact) mass is 333 g/mol. The van der Waals surface area contributed by atoms with Gasteiger partial charge in [0.1, 0.15) is 5.60 Å². The third-order valence-corrected chi connectivity index (χ3v) is 5.00. The molecule has 0 atom stereocenters. The number of nitrogens with zero attached hydrogens (tertiary/aromatic N) is 1. The van der Waals surface area contributed by atoms with Gasteiger partial charge in [-0.15, -0.1) is 0 Å². The molecule has 2 rings (SSSR count). The average molecular weight is 333 g/mol. The summed E-state index contributed by atoms with van der Waals surface area (Å²) in [5.74, 6) is 0.322. The second kappa shape index (κ2) is 6.00. The molecule has 1 heterocycles. The van der Waals surface area contributed by atoms with Crippen molar-refractivity contribution in [3.63, 3.8) is 0 Å². The Morgan fingerprint density at radius 2 is 1.77 bits per heavy atom. The minimum Gasteiger partial charge on any atom is -0.444 e. The number of likely N-dealkylation sites (tertiary alicyclic amines) is 1. The Balaban J connectivity index is 1.74. The number of carbonyl (C=O) groups is 1. The Morgan fingerprint density at radius 1 is 1.23 bits per heavy atom. The van der Waals surface area contributed by atoms with Crippen molar-refractivity contribution >= 4 is 16.2 Å². The molecule has 1 aliphatic heterocycles. The summed E-state index contributed by atoms with van der Waals surface area (Å²) in [6.07, 6.45) is 4.75. The lowest BCUT2D eigenvalue weighted by Crippen LogP contribution is -2.50. The number of piperidine rings is 1. The zero-order chi connectivity index (χ0) is 16.6. The Hall–Kier alpha value is -0.820. The maximum absolute atomic E-state index is 12.0. The summed E-state index contributed by atoms with van der Waals surface area (Å²) >= 11 is 0. The van der Waals surface area contributed by atoms with Gasteiger partial charge in [0.25, 0.3) is 10.1 Å². The van der Waals surface area contributed by atoms with E-state index in [4.69, 9.17) is 8.92 Å². The number of ether oxygens (including phenoxy) is 1. The summed E-state index contributed by atoms with van der Waals surface area (Å²) in [5, 5.41) is 0. The van der Waals surface area contributed by atoms with Crippen LogP contribution in [0.25, 0.3) is 0 Å². The molecule has 1 spiro atoms. The number of carbonyl (C=O) groups excluding carboxylic acids is 1. The van der Waals surface area contributed by atoms with Crippen molar-refractivity contribution in [2.75, 3.05) is 26.0 Å². The molecule has 22 heavy (non-hydrogen) atoms. The van der Waals surface area contributed by atoms with E-state index in [1.54, 1.807) is 4.90 Å². The Bertz CT molecular complexity index is 507. The van der Waals surface area contributed by atoms with Gasteiger partial charge in [-0.1, -0.05) is 0 Å². The molecular weight excluding hydrogens is 306 g/mol. The third-order valence-electron chi connectivity index (χ3n) is 4.44. The zero-order valence-corrected chi connectivity index (χ0v) is 14.7. The van der Waals surface area contributed by atoms with Gasteiger partial charge in [-0.3, -0.25) is 4.18 Å². The molecule has 2 aliphatic rings. The fourth-order valence-electron chi connectivity index (χ4n) is 3.40. The van der Waals surface area contributed by atoms with Gasteiger partial charge in [-0.05, 0) is 57.8 Å². The van der Waals surface area contributed by atoms with Crippen molar-refractivity contribution in [3.8, 4) is 0 Å². The molecular formula is C15H27NO5S. The molecule has 0 aromatic carbocycles. The van der Waals surface area contributed by atoms with Gasteiger partial charge in [0.05, 0.1) is 12.9 Å². The molecule has 0 aromatic rings. The van der Waals surface area contributed by atoms with Crippen LogP contribution >= 0.6 is 0 Å². The molecule has 0 unspecified atom stereocenters. The van der Waals surface area contributed by atoms with Crippen LogP contribution in [-0.2, 0) is 19.0 Å². The molecule has 1 saturated heterocycles. The topological polar surface area (TPSA) is 72.9 Å². The number of amides is 1. The molecule has 1 amide bonds. The van der Waals surface area contributed by atoms with E-state index in [0.717, 1.165) is 31.9 Å². The van der Waals surface area contributed by atoms with Crippen LogP contribution in [0.4, 0.5) is 4.79 Å². The van der Waals surface area contributed by atoms with Crippen molar-refractivity contribution in [2.24, 2.45) is 11.3 Å². The van der Waals surface area contributed by atoms with E-state index in [0.29, 0.717) is 19.0 Å². The van der Waals surface area contributed by atoms with Crippen LogP contribution in [0, 0.1) is 11.3 Å². The van der Waals surface area contributed by atoms with Gasteiger partial charge in [-0.2, -0.15) is 8.42 Å². The molecule has 0 radical (unpaired) electrons. The lowest BCUT2D eigenvalue weighted by atomic mass is 9.58. The van der Waals surface area contributed by atoms with E-state index >= 15 is 0 Å². The average Bonchev–Trinajstić information content (AvgIpc) is 2.31. The molecule has 0 N–H and O–H groups in total.